The molecule has 0 bridgehead atoms. The van der Waals surface area contributed by atoms with Gasteiger partial charge in [-0.05, 0) is 45.5 Å². The van der Waals surface area contributed by atoms with E-state index in [2.05, 4.69) is 20.8 Å². The monoisotopic (exact) mass is 379 g/mol. The highest BCUT2D eigenvalue weighted by Gasteiger charge is 2.14. The van der Waals surface area contributed by atoms with E-state index in [-0.39, 0.29) is 17.3 Å². The molecule has 1 aromatic heterocycles. The van der Waals surface area contributed by atoms with Crippen LogP contribution in [0.4, 0.5) is 10.1 Å². The molecule has 0 aliphatic rings. The first-order valence-corrected chi connectivity index (χ1v) is 9.14. The number of fused-ring (bicyclic) bond motifs is 1. The lowest BCUT2D eigenvalue weighted by Gasteiger charge is -2.07. The van der Waals surface area contributed by atoms with Crippen LogP contribution in [0.15, 0.2) is 71.9 Å². The number of halogens is 1. The van der Waals surface area contributed by atoms with E-state index in [4.69, 9.17) is 0 Å². The maximum atomic E-state index is 13.9. The summed E-state index contributed by atoms with van der Waals surface area (Å²) in [6, 6.07) is 19.8. The molecule has 0 saturated carbocycles. The lowest BCUT2D eigenvalue weighted by Crippen LogP contribution is -2.14. The molecule has 0 unspecified atom stereocenters. The van der Waals surface area contributed by atoms with E-state index in [1.807, 2.05) is 42.5 Å². The number of benzene rings is 3. The number of anilines is 1. The number of thioether (sulfide) groups is 1. The Hall–Kier alpha value is -3.26. The van der Waals surface area contributed by atoms with Gasteiger partial charge in [0.2, 0.25) is 11.1 Å². The number of hydrogen-bond acceptors (Lipinski definition) is 5. The molecule has 0 aliphatic heterocycles. The summed E-state index contributed by atoms with van der Waals surface area (Å²) in [5.74, 6) is -0.535. The highest BCUT2D eigenvalue weighted by Crippen LogP contribution is 2.22. The van der Waals surface area contributed by atoms with Crippen LogP contribution in [0.1, 0.15) is 0 Å². The van der Waals surface area contributed by atoms with Gasteiger partial charge in [0.15, 0.2) is 0 Å². The zero-order valence-electron chi connectivity index (χ0n) is 14.0. The molecule has 0 spiro atoms. The van der Waals surface area contributed by atoms with Crippen molar-refractivity contribution in [1.82, 2.24) is 20.2 Å². The van der Waals surface area contributed by atoms with E-state index in [0.717, 1.165) is 22.5 Å². The minimum absolute atomic E-state index is 0.0989. The van der Waals surface area contributed by atoms with Crippen LogP contribution in [0.3, 0.4) is 0 Å². The van der Waals surface area contributed by atoms with Crippen LogP contribution in [0.5, 0.6) is 0 Å². The van der Waals surface area contributed by atoms with E-state index < -0.39 is 5.82 Å². The van der Waals surface area contributed by atoms with Crippen molar-refractivity contribution in [2.45, 2.75) is 5.16 Å². The quantitative estimate of drug-likeness (QED) is 0.536. The Labute approximate surface area is 158 Å². The Morgan fingerprint density at radius 1 is 1.04 bits per heavy atom. The second-order valence-corrected chi connectivity index (χ2v) is 6.67. The molecule has 1 heterocycles. The van der Waals surface area contributed by atoms with Crippen molar-refractivity contribution >= 4 is 34.1 Å². The van der Waals surface area contributed by atoms with E-state index in [0.29, 0.717) is 10.8 Å². The lowest BCUT2D eigenvalue weighted by atomic mass is 10.1. The minimum atomic E-state index is -0.438. The second-order valence-electron chi connectivity index (χ2n) is 5.72. The third-order valence-corrected chi connectivity index (χ3v) is 4.81. The van der Waals surface area contributed by atoms with Gasteiger partial charge in [0.1, 0.15) is 11.5 Å². The third-order valence-electron chi connectivity index (χ3n) is 3.89. The number of hydrogen-bond donors (Lipinski definition) is 1. The Kier molecular flexibility index (Phi) is 4.80. The fraction of sp³-hybridized carbons (Fsp3) is 0.0526. The fourth-order valence-electron chi connectivity index (χ4n) is 2.64. The average molecular weight is 379 g/mol. The SMILES string of the molecule is O=C(CSc1nnnn1-c1ccccc1F)Nc1ccc2ccccc2c1. The number of carbonyl (C=O) groups is 1. The molecule has 0 aliphatic carbocycles. The molecule has 1 amide bonds. The standard InChI is InChI=1S/C19H14FN5OS/c20-16-7-3-4-8-17(16)25-19(22-23-24-25)27-12-18(26)21-15-10-9-13-5-1-2-6-14(13)11-15/h1-11H,12H2,(H,21,26). The fourth-order valence-corrected chi connectivity index (χ4v) is 3.32. The second kappa shape index (κ2) is 7.55. The maximum Gasteiger partial charge on any atom is 0.234 e. The summed E-state index contributed by atoms with van der Waals surface area (Å²) in [5, 5.41) is 16.6. The third kappa shape index (κ3) is 3.80. The van der Waals surface area contributed by atoms with Gasteiger partial charge < -0.3 is 5.32 Å². The van der Waals surface area contributed by atoms with E-state index >= 15 is 0 Å². The summed E-state index contributed by atoms with van der Waals surface area (Å²) in [6.07, 6.45) is 0. The number of amides is 1. The van der Waals surface area contributed by atoms with Gasteiger partial charge in [-0.25, -0.2) is 4.39 Å². The van der Waals surface area contributed by atoms with E-state index in [1.165, 1.54) is 10.7 Å². The van der Waals surface area contributed by atoms with Gasteiger partial charge in [-0.3, -0.25) is 4.79 Å². The van der Waals surface area contributed by atoms with E-state index in [1.54, 1.807) is 18.2 Å². The van der Waals surface area contributed by atoms with Crippen molar-refractivity contribution in [2.24, 2.45) is 0 Å². The highest BCUT2D eigenvalue weighted by molar-refractivity contribution is 7.99. The van der Waals surface area contributed by atoms with Crippen molar-refractivity contribution in [2.75, 3.05) is 11.1 Å². The summed E-state index contributed by atoms with van der Waals surface area (Å²) >= 11 is 1.14. The first-order valence-electron chi connectivity index (χ1n) is 8.15. The molecular weight excluding hydrogens is 365 g/mol. The van der Waals surface area contributed by atoms with Gasteiger partial charge in [0.05, 0.1) is 5.75 Å². The Balaban J connectivity index is 1.44. The zero-order valence-corrected chi connectivity index (χ0v) is 14.9. The summed E-state index contributed by atoms with van der Waals surface area (Å²) in [7, 11) is 0. The Bertz CT molecular complexity index is 1110. The molecule has 27 heavy (non-hydrogen) atoms. The maximum absolute atomic E-state index is 13.9. The summed E-state index contributed by atoms with van der Waals surface area (Å²) in [4.78, 5) is 12.3. The van der Waals surface area contributed by atoms with Crippen LogP contribution in [0.25, 0.3) is 16.5 Å². The summed E-state index contributed by atoms with van der Waals surface area (Å²) in [6.45, 7) is 0. The Morgan fingerprint density at radius 2 is 1.81 bits per heavy atom. The van der Waals surface area contributed by atoms with Gasteiger partial charge in [-0.15, -0.1) is 5.10 Å². The predicted molar refractivity (Wildman–Crippen MR) is 102 cm³/mol. The molecule has 134 valence electrons. The number of nitrogens with zero attached hydrogens (tertiary/aromatic N) is 4. The van der Waals surface area contributed by atoms with Crippen LogP contribution in [0, 0.1) is 5.82 Å². The van der Waals surface area contributed by atoms with Crippen molar-refractivity contribution in [3.05, 3.63) is 72.5 Å². The molecule has 0 fully saturated rings. The van der Waals surface area contributed by atoms with Crippen LogP contribution >= 0.6 is 11.8 Å². The smallest absolute Gasteiger partial charge is 0.234 e. The van der Waals surface area contributed by atoms with Crippen LogP contribution < -0.4 is 5.32 Å². The lowest BCUT2D eigenvalue weighted by molar-refractivity contribution is -0.113. The van der Waals surface area contributed by atoms with Crippen molar-refractivity contribution < 1.29 is 9.18 Å². The molecule has 3 aromatic carbocycles. The highest BCUT2D eigenvalue weighted by atomic mass is 32.2. The van der Waals surface area contributed by atoms with Crippen molar-refractivity contribution in [3.8, 4) is 5.69 Å². The molecule has 1 N–H and O–H groups in total. The molecule has 0 atom stereocenters. The first-order chi connectivity index (χ1) is 13.2. The average Bonchev–Trinajstić information content (AvgIpc) is 3.15. The van der Waals surface area contributed by atoms with Crippen molar-refractivity contribution in [1.29, 1.82) is 0 Å². The first kappa shape index (κ1) is 17.2. The molecule has 0 saturated heterocycles. The van der Waals surface area contributed by atoms with E-state index in [9.17, 15) is 9.18 Å². The summed E-state index contributed by atoms with van der Waals surface area (Å²) in [5.41, 5.74) is 0.952. The number of nitrogens with one attached hydrogen (secondary N) is 1. The molecular formula is C19H14FN5OS. The largest absolute Gasteiger partial charge is 0.325 e. The molecule has 0 radical (unpaired) electrons. The van der Waals surface area contributed by atoms with Crippen LogP contribution in [-0.2, 0) is 4.79 Å². The molecule has 4 aromatic rings. The molecule has 4 rings (SSSR count). The molecule has 8 heteroatoms. The van der Waals surface area contributed by atoms with Gasteiger partial charge in [0, 0.05) is 5.69 Å². The van der Waals surface area contributed by atoms with Crippen LogP contribution in [0.2, 0.25) is 0 Å². The summed E-state index contributed by atoms with van der Waals surface area (Å²) < 4.78 is 15.2. The Morgan fingerprint density at radius 3 is 2.67 bits per heavy atom. The topological polar surface area (TPSA) is 72.7 Å². The van der Waals surface area contributed by atoms with Gasteiger partial charge in [-0.2, -0.15) is 4.68 Å². The molecule has 6 nitrogen and oxygen atoms in total. The number of rotatable bonds is 5. The minimum Gasteiger partial charge on any atom is -0.325 e. The predicted octanol–water partition coefficient (Wildman–Crippen LogP) is 3.69. The number of para-hydroxylation sites is 1. The van der Waals surface area contributed by atoms with Gasteiger partial charge >= 0.3 is 0 Å². The van der Waals surface area contributed by atoms with Crippen LogP contribution in [-0.4, -0.2) is 31.9 Å². The van der Waals surface area contributed by atoms with Gasteiger partial charge in [0.25, 0.3) is 0 Å². The number of tetrazole rings is 1. The zero-order chi connectivity index (χ0) is 18.6. The number of carbonyl (C=O) groups excluding carboxylic acids is 1. The normalized spacial score (nSPS) is 10.9. The van der Waals surface area contributed by atoms with Gasteiger partial charge in [-0.1, -0.05) is 54.2 Å². The van der Waals surface area contributed by atoms with Crippen molar-refractivity contribution in [3.63, 3.8) is 0 Å². The number of aromatic nitrogens is 4.